The molecule has 21 heavy (non-hydrogen) atoms. The standard InChI is InChI=1S/C17H24N2O2/c1-17(2,3)14-10-13(16(20)21)11-15(19-14)18-9-8-12-6-4-5-7-12/h6,10-11H,4-5,7-9H2,1-3H3,(H,18,19)(H,20,21). The molecule has 0 aliphatic heterocycles. The fourth-order valence-electron chi connectivity index (χ4n) is 2.44. The molecule has 1 heterocycles. The molecule has 0 spiro atoms. The fraction of sp³-hybridized carbons (Fsp3) is 0.529. The first-order chi connectivity index (χ1) is 9.86. The summed E-state index contributed by atoms with van der Waals surface area (Å²) in [7, 11) is 0. The number of nitrogens with one attached hydrogen (secondary N) is 1. The number of pyridine rings is 1. The van der Waals surface area contributed by atoms with Gasteiger partial charge in [-0.2, -0.15) is 0 Å². The average molecular weight is 288 g/mol. The van der Waals surface area contributed by atoms with Crippen LogP contribution in [0.4, 0.5) is 5.82 Å². The Morgan fingerprint density at radius 2 is 2.14 bits per heavy atom. The summed E-state index contributed by atoms with van der Waals surface area (Å²) in [5.74, 6) is -0.261. The number of aromatic nitrogens is 1. The van der Waals surface area contributed by atoms with Crippen LogP contribution in [0.3, 0.4) is 0 Å². The van der Waals surface area contributed by atoms with Crippen LogP contribution in [0, 0.1) is 0 Å². The minimum atomic E-state index is -0.913. The maximum atomic E-state index is 11.3. The second-order valence-corrected chi connectivity index (χ2v) is 6.61. The predicted octanol–water partition coefficient (Wildman–Crippen LogP) is 3.99. The Balaban J connectivity index is 2.10. The van der Waals surface area contributed by atoms with E-state index in [2.05, 4.69) is 16.4 Å². The van der Waals surface area contributed by atoms with Gasteiger partial charge >= 0.3 is 5.97 Å². The van der Waals surface area contributed by atoms with Crippen LogP contribution in [0.2, 0.25) is 0 Å². The molecule has 0 saturated carbocycles. The van der Waals surface area contributed by atoms with Crippen molar-refractivity contribution in [1.82, 2.24) is 4.98 Å². The van der Waals surface area contributed by atoms with E-state index in [9.17, 15) is 9.90 Å². The number of rotatable bonds is 5. The summed E-state index contributed by atoms with van der Waals surface area (Å²) < 4.78 is 0. The summed E-state index contributed by atoms with van der Waals surface area (Å²) in [6.45, 7) is 6.90. The first-order valence-corrected chi connectivity index (χ1v) is 7.54. The second-order valence-electron chi connectivity index (χ2n) is 6.61. The van der Waals surface area contributed by atoms with Gasteiger partial charge in [0.15, 0.2) is 0 Å². The maximum Gasteiger partial charge on any atom is 0.335 e. The molecule has 0 atom stereocenters. The molecular weight excluding hydrogens is 264 g/mol. The largest absolute Gasteiger partial charge is 0.478 e. The van der Waals surface area contributed by atoms with Gasteiger partial charge in [-0.05, 0) is 37.8 Å². The quantitative estimate of drug-likeness (QED) is 0.804. The number of hydrogen-bond donors (Lipinski definition) is 2. The van der Waals surface area contributed by atoms with Crippen LogP contribution >= 0.6 is 0 Å². The van der Waals surface area contributed by atoms with Crippen molar-refractivity contribution in [3.05, 3.63) is 35.0 Å². The maximum absolute atomic E-state index is 11.3. The van der Waals surface area contributed by atoms with Gasteiger partial charge in [0.2, 0.25) is 0 Å². The first-order valence-electron chi connectivity index (χ1n) is 7.54. The van der Waals surface area contributed by atoms with Crippen LogP contribution < -0.4 is 5.32 Å². The Kier molecular flexibility index (Phi) is 4.66. The zero-order chi connectivity index (χ0) is 15.5. The van der Waals surface area contributed by atoms with Gasteiger partial charge in [0.1, 0.15) is 5.82 Å². The Morgan fingerprint density at radius 1 is 1.38 bits per heavy atom. The smallest absolute Gasteiger partial charge is 0.335 e. The summed E-state index contributed by atoms with van der Waals surface area (Å²) >= 11 is 0. The van der Waals surface area contributed by atoms with Crippen molar-refractivity contribution < 1.29 is 9.90 Å². The highest BCUT2D eigenvalue weighted by atomic mass is 16.4. The summed E-state index contributed by atoms with van der Waals surface area (Å²) in [5.41, 5.74) is 2.41. The molecule has 0 fully saturated rings. The number of allylic oxidation sites excluding steroid dienone is 1. The Bertz CT molecular complexity index is 556. The van der Waals surface area contributed by atoms with Crippen molar-refractivity contribution >= 4 is 11.8 Å². The van der Waals surface area contributed by atoms with Gasteiger partial charge in [-0.3, -0.25) is 0 Å². The molecule has 0 amide bonds. The van der Waals surface area contributed by atoms with E-state index < -0.39 is 5.97 Å². The van der Waals surface area contributed by atoms with E-state index in [1.807, 2.05) is 20.8 Å². The number of anilines is 1. The van der Waals surface area contributed by atoms with Gasteiger partial charge in [0, 0.05) is 17.7 Å². The van der Waals surface area contributed by atoms with E-state index >= 15 is 0 Å². The molecular formula is C17H24N2O2. The van der Waals surface area contributed by atoms with Crippen LogP contribution in [0.25, 0.3) is 0 Å². The monoisotopic (exact) mass is 288 g/mol. The number of carbonyl (C=O) groups is 1. The zero-order valence-electron chi connectivity index (χ0n) is 13.1. The van der Waals surface area contributed by atoms with Crippen LogP contribution in [0.5, 0.6) is 0 Å². The molecule has 2 N–H and O–H groups in total. The highest BCUT2D eigenvalue weighted by Gasteiger charge is 2.19. The minimum absolute atomic E-state index is 0.171. The van der Waals surface area contributed by atoms with Crippen molar-refractivity contribution in [2.75, 3.05) is 11.9 Å². The van der Waals surface area contributed by atoms with E-state index in [-0.39, 0.29) is 11.0 Å². The molecule has 0 aromatic carbocycles. The Labute approximate surface area is 126 Å². The summed E-state index contributed by atoms with van der Waals surface area (Å²) in [4.78, 5) is 15.8. The topological polar surface area (TPSA) is 62.2 Å². The van der Waals surface area contributed by atoms with Crippen LogP contribution in [-0.4, -0.2) is 22.6 Å². The van der Waals surface area contributed by atoms with Gasteiger partial charge in [-0.1, -0.05) is 32.4 Å². The Morgan fingerprint density at radius 3 is 2.71 bits per heavy atom. The second kappa shape index (κ2) is 6.29. The van der Waals surface area contributed by atoms with E-state index in [0.29, 0.717) is 5.82 Å². The summed E-state index contributed by atoms with van der Waals surface area (Å²) in [6.07, 6.45) is 6.96. The lowest BCUT2D eigenvalue weighted by Crippen LogP contribution is -2.17. The van der Waals surface area contributed by atoms with Crippen molar-refractivity contribution in [1.29, 1.82) is 0 Å². The highest BCUT2D eigenvalue weighted by Crippen LogP contribution is 2.24. The van der Waals surface area contributed by atoms with Crippen LogP contribution in [-0.2, 0) is 5.41 Å². The molecule has 114 valence electrons. The van der Waals surface area contributed by atoms with Gasteiger partial charge in [-0.15, -0.1) is 0 Å². The van der Waals surface area contributed by atoms with Crippen molar-refractivity contribution in [2.45, 2.75) is 51.9 Å². The Hall–Kier alpha value is -1.84. The summed E-state index contributed by atoms with van der Waals surface area (Å²) in [5, 5.41) is 12.5. The molecule has 0 unspecified atom stereocenters. The van der Waals surface area contributed by atoms with Gasteiger partial charge in [0.05, 0.1) is 5.56 Å². The number of carboxylic acid groups (broad SMARTS) is 1. The SMILES string of the molecule is CC(C)(C)c1cc(C(=O)O)cc(NCCC2=CCCC2)n1. The van der Waals surface area contributed by atoms with Crippen molar-refractivity contribution in [3.8, 4) is 0 Å². The lowest BCUT2D eigenvalue weighted by Gasteiger charge is -2.19. The van der Waals surface area contributed by atoms with E-state index in [0.717, 1.165) is 18.7 Å². The van der Waals surface area contributed by atoms with Crippen molar-refractivity contribution in [2.24, 2.45) is 0 Å². The minimum Gasteiger partial charge on any atom is -0.478 e. The molecule has 4 nitrogen and oxygen atoms in total. The molecule has 0 saturated heterocycles. The van der Waals surface area contributed by atoms with E-state index in [1.54, 1.807) is 12.1 Å². The lowest BCUT2D eigenvalue weighted by atomic mass is 9.91. The highest BCUT2D eigenvalue weighted by molar-refractivity contribution is 5.88. The number of hydrogen-bond acceptors (Lipinski definition) is 3. The molecule has 1 aliphatic carbocycles. The van der Waals surface area contributed by atoms with E-state index in [4.69, 9.17) is 0 Å². The average Bonchev–Trinajstić information content (AvgIpc) is 2.90. The van der Waals surface area contributed by atoms with E-state index in [1.165, 1.54) is 24.8 Å². The fourth-order valence-corrected chi connectivity index (χ4v) is 2.44. The molecule has 0 bridgehead atoms. The molecule has 1 aliphatic rings. The zero-order valence-corrected chi connectivity index (χ0v) is 13.1. The first kappa shape index (κ1) is 15.5. The predicted molar refractivity (Wildman–Crippen MR) is 84.9 cm³/mol. The van der Waals surface area contributed by atoms with Gasteiger partial charge in [0.25, 0.3) is 0 Å². The molecule has 0 radical (unpaired) electrons. The number of carboxylic acids is 1. The number of nitrogens with zero attached hydrogens (tertiary/aromatic N) is 1. The lowest BCUT2D eigenvalue weighted by molar-refractivity contribution is 0.0696. The van der Waals surface area contributed by atoms with Crippen molar-refractivity contribution in [3.63, 3.8) is 0 Å². The molecule has 1 aromatic rings. The normalized spacial score (nSPS) is 14.9. The molecule has 2 rings (SSSR count). The third-order valence-electron chi connectivity index (χ3n) is 3.73. The van der Waals surface area contributed by atoms with Crippen LogP contribution in [0.1, 0.15) is 62.5 Å². The van der Waals surface area contributed by atoms with Gasteiger partial charge < -0.3 is 10.4 Å². The van der Waals surface area contributed by atoms with Gasteiger partial charge in [-0.25, -0.2) is 9.78 Å². The number of aromatic carboxylic acids is 1. The molecule has 1 aromatic heterocycles. The third-order valence-corrected chi connectivity index (χ3v) is 3.73. The summed E-state index contributed by atoms with van der Waals surface area (Å²) in [6, 6.07) is 3.27. The third kappa shape index (κ3) is 4.31. The van der Waals surface area contributed by atoms with Crippen LogP contribution in [0.15, 0.2) is 23.8 Å². The molecule has 4 heteroatoms.